The van der Waals surface area contributed by atoms with Crippen LogP contribution in [0.25, 0.3) is 0 Å². The molecular weight excluding hydrogens is 408 g/mol. The molecule has 172 valence electrons. The Labute approximate surface area is 197 Å². The van der Waals surface area contributed by atoms with Crippen molar-refractivity contribution in [1.29, 1.82) is 0 Å². The van der Waals surface area contributed by atoms with Gasteiger partial charge in [-0.2, -0.15) is 0 Å². The molecule has 0 aliphatic heterocycles. The number of hydrogen-bond acceptors (Lipinski definition) is 2. The van der Waals surface area contributed by atoms with Crippen molar-refractivity contribution in [2.75, 3.05) is 0 Å². The molecule has 0 radical (unpaired) electrons. The Kier molecular flexibility index (Phi) is 8.42. The van der Waals surface area contributed by atoms with Gasteiger partial charge >= 0.3 is 0 Å². The zero-order chi connectivity index (χ0) is 23.8. The average Bonchev–Trinajstić information content (AvgIpc) is 2.79. The predicted octanol–water partition coefficient (Wildman–Crippen LogP) is 5.01. The van der Waals surface area contributed by atoms with E-state index in [0.717, 1.165) is 27.8 Å². The Morgan fingerprint density at radius 2 is 1.45 bits per heavy atom. The van der Waals surface area contributed by atoms with Crippen LogP contribution in [0.15, 0.2) is 78.9 Å². The van der Waals surface area contributed by atoms with Crippen LogP contribution in [-0.2, 0) is 29.0 Å². The van der Waals surface area contributed by atoms with E-state index in [1.54, 1.807) is 4.90 Å². The van der Waals surface area contributed by atoms with E-state index >= 15 is 0 Å². The fourth-order valence-electron chi connectivity index (χ4n) is 3.97. The fourth-order valence-corrected chi connectivity index (χ4v) is 3.97. The summed E-state index contributed by atoms with van der Waals surface area (Å²) in [7, 11) is 0. The summed E-state index contributed by atoms with van der Waals surface area (Å²) < 4.78 is 0. The van der Waals surface area contributed by atoms with E-state index in [9.17, 15) is 9.59 Å². The maximum Gasteiger partial charge on any atom is 0.243 e. The Morgan fingerprint density at radius 3 is 2.06 bits per heavy atom. The molecule has 0 bridgehead atoms. The van der Waals surface area contributed by atoms with Crippen molar-refractivity contribution in [1.82, 2.24) is 10.2 Å². The van der Waals surface area contributed by atoms with Crippen molar-refractivity contribution in [3.05, 3.63) is 107 Å². The molecule has 0 aliphatic rings. The van der Waals surface area contributed by atoms with Crippen molar-refractivity contribution in [2.24, 2.45) is 0 Å². The SMILES string of the molecule is Cc1ccc(C)c(CC(=O)N(Cc2ccccc2)[C@H](Cc2ccccc2)C(=O)NC(C)C)c1. The molecule has 1 N–H and O–H groups in total. The monoisotopic (exact) mass is 442 g/mol. The summed E-state index contributed by atoms with van der Waals surface area (Å²) in [5.41, 5.74) is 5.23. The van der Waals surface area contributed by atoms with Crippen LogP contribution in [0.1, 0.15) is 41.7 Å². The molecule has 0 unspecified atom stereocenters. The molecule has 2 amide bonds. The topological polar surface area (TPSA) is 49.4 Å². The second-order valence-electron chi connectivity index (χ2n) is 8.98. The third kappa shape index (κ3) is 7.04. The van der Waals surface area contributed by atoms with Crippen LogP contribution in [0.3, 0.4) is 0 Å². The quantitative estimate of drug-likeness (QED) is 0.506. The van der Waals surface area contributed by atoms with Crippen molar-refractivity contribution >= 4 is 11.8 Å². The van der Waals surface area contributed by atoms with Gasteiger partial charge in [-0.05, 0) is 49.9 Å². The second-order valence-corrected chi connectivity index (χ2v) is 8.98. The number of amides is 2. The molecule has 33 heavy (non-hydrogen) atoms. The third-order valence-corrected chi connectivity index (χ3v) is 5.74. The van der Waals surface area contributed by atoms with Gasteiger partial charge in [0, 0.05) is 19.0 Å². The van der Waals surface area contributed by atoms with Gasteiger partial charge in [-0.1, -0.05) is 84.4 Å². The summed E-state index contributed by atoms with van der Waals surface area (Å²) in [5, 5.41) is 3.04. The summed E-state index contributed by atoms with van der Waals surface area (Å²) in [6, 6.07) is 25.3. The number of nitrogens with one attached hydrogen (secondary N) is 1. The first-order valence-corrected chi connectivity index (χ1v) is 11.6. The van der Waals surface area contributed by atoms with Gasteiger partial charge in [0.1, 0.15) is 6.04 Å². The summed E-state index contributed by atoms with van der Waals surface area (Å²) in [5.74, 6) is -0.175. The van der Waals surface area contributed by atoms with E-state index in [-0.39, 0.29) is 24.3 Å². The molecule has 3 rings (SSSR count). The summed E-state index contributed by atoms with van der Waals surface area (Å²) >= 11 is 0. The van der Waals surface area contributed by atoms with Crippen LogP contribution in [-0.4, -0.2) is 28.8 Å². The molecule has 0 saturated heterocycles. The Bertz CT molecular complexity index is 1060. The van der Waals surface area contributed by atoms with Crippen molar-refractivity contribution in [2.45, 2.75) is 59.2 Å². The van der Waals surface area contributed by atoms with Gasteiger partial charge in [-0.3, -0.25) is 9.59 Å². The molecular formula is C29H34N2O2. The predicted molar refractivity (Wildman–Crippen MR) is 134 cm³/mol. The first-order valence-electron chi connectivity index (χ1n) is 11.6. The van der Waals surface area contributed by atoms with Gasteiger partial charge in [0.25, 0.3) is 0 Å². The van der Waals surface area contributed by atoms with E-state index < -0.39 is 6.04 Å². The molecule has 4 nitrogen and oxygen atoms in total. The fraction of sp³-hybridized carbons (Fsp3) is 0.310. The number of carbonyl (C=O) groups is 2. The largest absolute Gasteiger partial charge is 0.352 e. The van der Waals surface area contributed by atoms with E-state index in [0.29, 0.717) is 13.0 Å². The lowest BCUT2D eigenvalue weighted by molar-refractivity contribution is -0.141. The van der Waals surface area contributed by atoms with E-state index in [2.05, 4.69) is 17.4 Å². The van der Waals surface area contributed by atoms with Gasteiger partial charge in [0.15, 0.2) is 0 Å². The number of hydrogen-bond donors (Lipinski definition) is 1. The van der Waals surface area contributed by atoms with E-state index in [1.807, 2.05) is 94.4 Å². The highest BCUT2D eigenvalue weighted by Crippen LogP contribution is 2.18. The lowest BCUT2D eigenvalue weighted by atomic mass is 9.99. The number of rotatable bonds is 9. The molecule has 0 aliphatic carbocycles. The highest BCUT2D eigenvalue weighted by molar-refractivity contribution is 5.89. The first-order chi connectivity index (χ1) is 15.8. The van der Waals surface area contributed by atoms with Gasteiger partial charge in [-0.15, -0.1) is 0 Å². The highest BCUT2D eigenvalue weighted by Gasteiger charge is 2.30. The Morgan fingerprint density at radius 1 is 0.848 bits per heavy atom. The average molecular weight is 443 g/mol. The molecule has 0 fully saturated rings. The van der Waals surface area contributed by atoms with Gasteiger partial charge in [0.2, 0.25) is 11.8 Å². The minimum absolute atomic E-state index is 0.0107. The van der Waals surface area contributed by atoms with Crippen LogP contribution >= 0.6 is 0 Å². The minimum atomic E-state index is -0.604. The van der Waals surface area contributed by atoms with Crippen LogP contribution in [0.5, 0.6) is 0 Å². The number of benzene rings is 3. The number of carbonyl (C=O) groups excluding carboxylic acids is 2. The molecule has 0 aromatic heterocycles. The third-order valence-electron chi connectivity index (χ3n) is 5.74. The lowest BCUT2D eigenvalue weighted by Crippen LogP contribution is -2.52. The Balaban J connectivity index is 1.97. The molecule has 0 spiro atoms. The lowest BCUT2D eigenvalue weighted by Gasteiger charge is -2.32. The van der Waals surface area contributed by atoms with E-state index in [4.69, 9.17) is 0 Å². The van der Waals surface area contributed by atoms with Crippen molar-refractivity contribution in [3.8, 4) is 0 Å². The zero-order valence-corrected chi connectivity index (χ0v) is 20.0. The van der Waals surface area contributed by atoms with Gasteiger partial charge in [-0.25, -0.2) is 0 Å². The van der Waals surface area contributed by atoms with Crippen LogP contribution in [0.2, 0.25) is 0 Å². The van der Waals surface area contributed by atoms with Gasteiger partial charge in [0.05, 0.1) is 6.42 Å². The molecule has 0 saturated carbocycles. The number of aryl methyl sites for hydroxylation is 2. The second kappa shape index (κ2) is 11.5. The maximum absolute atomic E-state index is 13.7. The maximum atomic E-state index is 13.7. The summed E-state index contributed by atoms with van der Waals surface area (Å²) in [6.07, 6.45) is 0.728. The minimum Gasteiger partial charge on any atom is -0.352 e. The van der Waals surface area contributed by atoms with Crippen molar-refractivity contribution in [3.63, 3.8) is 0 Å². The normalized spacial score (nSPS) is 11.8. The summed E-state index contributed by atoms with van der Waals surface area (Å²) in [6.45, 7) is 8.32. The molecule has 3 aromatic carbocycles. The highest BCUT2D eigenvalue weighted by atomic mass is 16.2. The molecule has 1 atom stereocenters. The molecule has 4 heteroatoms. The van der Waals surface area contributed by atoms with Crippen molar-refractivity contribution < 1.29 is 9.59 Å². The zero-order valence-electron chi connectivity index (χ0n) is 20.0. The van der Waals surface area contributed by atoms with Crippen LogP contribution < -0.4 is 5.32 Å². The van der Waals surface area contributed by atoms with Gasteiger partial charge < -0.3 is 10.2 Å². The first kappa shape index (κ1) is 24.2. The molecule has 3 aromatic rings. The van der Waals surface area contributed by atoms with Crippen LogP contribution in [0, 0.1) is 13.8 Å². The van der Waals surface area contributed by atoms with E-state index in [1.165, 1.54) is 0 Å². The standard InChI is InChI=1S/C29H34N2O2/c1-21(2)30-29(33)27(18-24-11-7-5-8-12-24)31(20-25-13-9-6-10-14-25)28(32)19-26-17-22(3)15-16-23(26)4/h5-17,21,27H,18-20H2,1-4H3,(H,30,33)/t27-/m1/s1. The Hall–Kier alpha value is -3.40. The summed E-state index contributed by atoms with van der Waals surface area (Å²) in [4.78, 5) is 28.9. The smallest absolute Gasteiger partial charge is 0.243 e. The molecule has 0 heterocycles. The van der Waals surface area contributed by atoms with Crippen LogP contribution in [0.4, 0.5) is 0 Å². The number of nitrogens with zero attached hydrogens (tertiary/aromatic N) is 1.